The molecule has 1 heterocycles. The minimum absolute atomic E-state index is 0. The van der Waals surface area contributed by atoms with E-state index in [1.807, 2.05) is 6.07 Å². The zero-order chi connectivity index (χ0) is 15.5. The van der Waals surface area contributed by atoms with Crippen LogP contribution in [-0.2, 0) is 6.54 Å². The van der Waals surface area contributed by atoms with Crippen molar-refractivity contribution in [3.05, 3.63) is 35.1 Å². The third-order valence-corrected chi connectivity index (χ3v) is 3.80. The van der Waals surface area contributed by atoms with Gasteiger partial charge in [0.2, 0.25) is 0 Å². The number of halogens is 2. The standard InChI is InChI=1S/C16H21FN4.HI/c1-16(2)6-7-21(11-16)15(19-3)20-10-13-8-12(9-18)4-5-14(13)17;/h4-5,8H,6-7,10-11H2,1-3H3,(H,19,20);1H. The molecule has 1 N–H and O–H groups in total. The van der Waals surface area contributed by atoms with Crippen molar-refractivity contribution in [2.24, 2.45) is 10.4 Å². The van der Waals surface area contributed by atoms with Crippen LogP contribution in [0.3, 0.4) is 0 Å². The predicted octanol–water partition coefficient (Wildman–Crippen LogP) is 3.12. The van der Waals surface area contributed by atoms with Gasteiger partial charge in [0.05, 0.1) is 11.6 Å². The van der Waals surface area contributed by atoms with Crippen molar-refractivity contribution in [2.45, 2.75) is 26.8 Å². The molecule has 1 aliphatic heterocycles. The van der Waals surface area contributed by atoms with Gasteiger partial charge >= 0.3 is 0 Å². The quantitative estimate of drug-likeness (QED) is 0.458. The maximum Gasteiger partial charge on any atom is 0.193 e. The summed E-state index contributed by atoms with van der Waals surface area (Å²) in [5, 5.41) is 12.1. The van der Waals surface area contributed by atoms with Crippen molar-refractivity contribution in [1.29, 1.82) is 5.26 Å². The first-order valence-corrected chi connectivity index (χ1v) is 7.09. The highest BCUT2D eigenvalue weighted by molar-refractivity contribution is 14.0. The predicted molar refractivity (Wildman–Crippen MR) is 96.7 cm³/mol. The summed E-state index contributed by atoms with van der Waals surface area (Å²) in [4.78, 5) is 6.45. The van der Waals surface area contributed by atoms with Gasteiger partial charge in [0.25, 0.3) is 0 Å². The van der Waals surface area contributed by atoms with E-state index in [2.05, 4.69) is 29.1 Å². The Bertz CT molecular complexity index is 592. The molecule has 22 heavy (non-hydrogen) atoms. The third kappa shape index (κ3) is 4.57. The first-order chi connectivity index (χ1) is 9.95. The van der Waals surface area contributed by atoms with Gasteiger partial charge in [0.1, 0.15) is 5.82 Å². The molecule has 0 aliphatic carbocycles. The van der Waals surface area contributed by atoms with Crippen molar-refractivity contribution in [3.8, 4) is 6.07 Å². The molecule has 0 aromatic heterocycles. The minimum Gasteiger partial charge on any atom is -0.352 e. The molecule has 1 aromatic rings. The smallest absolute Gasteiger partial charge is 0.193 e. The summed E-state index contributed by atoms with van der Waals surface area (Å²) in [6, 6.07) is 6.41. The number of rotatable bonds is 2. The number of likely N-dealkylation sites (tertiary alicyclic amines) is 1. The molecule has 0 amide bonds. The monoisotopic (exact) mass is 416 g/mol. The number of aliphatic imine (C=N–C) groups is 1. The maximum absolute atomic E-state index is 13.8. The Morgan fingerprint density at radius 1 is 1.50 bits per heavy atom. The lowest BCUT2D eigenvalue weighted by Gasteiger charge is -2.23. The van der Waals surface area contributed by atoms with Gasteiger partial charge < -0.3 is 10.2 Å². The maximum atomic E-state index is 13.8. The number of nitrogens with one attached hydrogen (secondary N) is 1. The van der Waals surface area contributed by atoms with Crippen LogP contribution in [0.2, 0.25) is 0 Å². The Morgan fingerprint density at radius 3 is 2.77 bits per heavy atom. The molecule has 1 saturated heterocycles. The van der Waals surface area contributed by atoms with Crippen LogP contribution in [0, 0.1) is 22.6 Å². The van der Waals surface area contributed by atoms with E-state index in [-0.39, 0.29) is 35.2 Å². The molecule has 1 fully saturated rings. The molecule has 2 rings (SSSR count). The summed E-state index contributed by atoms with van der Waals surface area (Å²) in [6.45, 7) is 6.68. The van der Waals surface area contributed by atoms with Crippen molar-refractivity contribution >= 4 is 29.9 Å². The summed E-state index contributed by atoms with van der Waals surface area (Å²) in [5.74, 6) is 0.473. The van der Waals surface area contributed by atoms with E-state index in [4.69, 9.17) is 5.26 Å². The van der Waals surface area contributed by atoms with E-state index in [1.54, 1.807) is 13.1 Å². The second-order valence-electron chi connectivity index (χ2n) is 6.15. The van der Waals surface area contributed by atoms with Gasteiger partial charge in [-0.25, -0.2) is 4.39 Å². The molecule has 0 spiro atoms. The summed E-state index contributed by atoms with van der Waals surface area (Å²) < 4.78 is 13.8. The number of nitriles is 1. The Hall–Kier alpha value is -1.36. The van der Waals surface area contributed by atoms with Gasteiger partial charge in [0.15, 0.2) is 5.96 Å². The van der Waals surface area contributed by atoms with Crippen LogP contribution in [-0.4, -0.2) is 31.0 Å². The summed E-state index contributed by atoms with van der Waals surface area (Å²) in [7, 11) is 1.73. The van der Waals surface area contributed by atoms with Gasteiger partial charge in [0, 0.05) is 32.2 Å². The fourth-order valence-corrected chi connectivity index (χ4v) is 2.58. The molecule has 120 valence electrons. The number of nitrogens with zero attached hydrogens (tertiary/aromatic N) is 3. The number of guanidine groups is 1. The molecule has 0 atom stereocenters. The van der Waals surface area contributed by atoms with E-state index < -0.39 is 0 Å². The average Bonchev–Trinajstić information content (AvgIpc) is 2.81. The van der Waals surface area contributed by atoms with Crippen LogP contribution < -0.4 is 5.32 Å². The molecular weight excluding hydrogens is 394 g/mol. The molecule has 1 aromatic carbocycles. The first-order valence-electron chi connectivity index (χ1n) is 7.09. The Labute approximate surface area is 148 Å². The Morgan fingerprint density at radius 2 is 2.23 bits per heavy atom. The summed E-state index contributed by atoms with van der Waals surface area (Å²) in [5.41, 5.74) is 1.23. The largest absolute Gasteiger partial charge is 0.352 e. The molecule has 0 unspecified atom stereocenters. The lowest BCUT2D eigenvalue weighted by molar-refractivity contribution is 0.370. The van der Waals surface area contributed by atoms with Crippen LogP contribution in [0.15, 0.2) is 23.2 Å². The fraction of sp³-hybridized carbons (Fsp3) is 0.500. The van der Waals surface area contributed by atoms with Gasteiger partial charge in [-0.1, -0.05) is 13.8 Å². The highest BCUT2D eigenvalue weighted by atomic mass is 127. The fourth-order valence-electron chi connectivity index (χ4n) is 2.58. The highest BCUT2D eigenvalue weighted by Gasteiger charge is 2.30. The zero-order valence-corrected chi connectivity index (χ0v) is 15.5. The molecular formula is C16H22FIN4. The van der Waals surface area contributed by atoms with Gasteiger partial charge in [-0.2, -0.15) is 5.26 Å². The second kappa shape index (κ2) is 7.77. The highest BCUT2D eigenvalue weighted by Crippen LogP contribution is 2.28. The number of hydrogen-bond acceptors (Lipinski definition) is 2. The molecule has 6 heteroatoms. The third-order valence-electron chi connectivity index (χ3n) is 3.80. The molecule has 4 nitrogen and oxygen atoms in total. The Kier molecular flexibility index (Phi) is 6.60. The minimum atomic E-state index is -0.307. The zero-order valence-electron chi connectivity index (χ0n) is 13.2. The molecule has 1 aliphatic rings. The van der Waals surface area contributed by atoms with Crippen molar-refractivity contribution in [3.63, 3.8) is 0 Å². The topological polar surface area (TPSA) is 51.4 Å². The van der Waals surface area contributed by atoms with E-state index in [0.29, 0.717) is 17.7 Å². The number of benzene rings is 1. The van der Waals surface area contributed by atoms with Gasteiger partial charge in [-0.3, -0.25) is 4.99 Å². The van der Waals surface area contributed by atoms with E-state index in [0.717, 1.165) is 25.5 Å². The van der Waals surface area contributed by atoms with Crippen LogP contribution in [0.4, 0.5) is 4.39 Å². The van der Waals surface area contributed by atoms with Gasteiger partial charge in [-0.15, -0.1) is 24.0 Å². The van der Waals surface area contributed by atoms with Crippen LogP contribution in [0.1, 0.15) is 31.4 Å². The Balaban J connectivity index is 0.00000242. The van der Waals surface area contributed by atoms with E-state index in [1.165, 1.54) is 12.1 Å². The normalized spacial score (nSPS) is 16.9. The van der Waals surface area contributed by atoms with Crippen molar-refractivity contribution in [1.82, 2.24) is 10.2 Å². The van der Waals surface area contributed by atoms with Crippen LogP contribution in [0.5, 0.6) is 0 Å². The van der Waals surface area contributed by atoms with Crippen molar-refractivity contribution < 1.29 is 4.39 Å². The summed E-state index contributed by atoms with van der Waals surface area (Å²) in [6.07, 6.45) is 1.12. The van der Waals surface area contributed by atoms with Crippen LogP contribution >= 0.6 is 24.0 Å². The first kappa shape index (κ1) is 18.7. The summed E-state index contributed by atoms with van der Waals surface area (Å²) >= 11 is 0. The molecule has 0 radical (unpaired) electrons. The SMILES string of the molecule is CN=C(NCc1cc(C#N)ccc1F)N1CCC(C)(C)C1.I. The number of hydrogen-bond donors (Lipinski definition) is 1. The second-order valence-corrected chi connectivity index (χ2v) is 6.15. The van der Waals surface area contributed by atoms with E-state index >= 15 is 0 Å². The molecule has 0 bridgehead atoms. The lowest BCUT2D eigenvalue weighted by atomic mass is 9.93. The van der Waals surface area contributed by atoms with E-state index in [9.17, 15) is 4.39 Å². The van der Waals surface area contributed by atoms with Crippen LogP contribution in [0.25, 0.3) is 0 Å². The van der Waals surface area contributed by atoms with Crippen molar-refractivity contribution in [2.75, 3.05) is 20.1 Å². The van der Waals surface area contributed by atoms with Gasteiger partial charge in [-0.05, 0) is 30.0 Å². The lowest BCUT2D eigenvalue weighted by Crippen LogP contribution is -2.40. The molecule has 0 saturated carbocycles. The average molecular weight is 416 g/mol.